The van der Waals surface area contributed by atoms with Gasteiger partial charge in [-0.15, -0.1) is 0 Å². The summed E-state index contributed by atoms with van der Waals surface area (Å²) in [5.41, 5.74) is 7.14. The Morgan fingerprint density at radius 1 is 1.21 bits per heavy atom. The van der Waals surface area contributed by atoms with Crippen molar-refractivity contribution in [2.24, 2.45) is 0 Å². The Kier molecular flexibility index (Phi) is 7.54. The second kappa shape index (κ2) is 11.5. The Morgan fingerprint density at radius 3 is 2.70 bits per heavy atom. The number of likely N-dealkylation sites (tertiary alicyclic amines) is 1. The maximum Gasteiger partial charge on any atom is 0.264 e. The number of piperidine rings is 1. The van der Waals surface area contributed by atoms with E-state index in [9.17, 15) is 10.1 Å². The highest BCUT2D eigenvalue weighted by atomic mass is 19.1. The normalized spacial score (nSPS) is 18.1. The highest BCUT2D eigenvalue weighted by molar-refractivity contribution is 5.99. The van der Waals surface area contributed by atoms with Crippen LogP contribution in [-0.2, 0) is 4.79 Å². The van der Waals surface area contributed by atoms with Gasteiger partial charge in [0, 0.05) is 36.3 Å². The molecule has 1 saturated heterocycles. The first-order chi connectivity index (χ1) is 20.8. The maximum absolute atomic E-state index is 15.6. The molecule has 0 spiro atoms. The van der Waals surface area contributed by atoms with Crippen molar-refractivity contribution in [1.29, 1.82) is 5.26 Å². The number of carbonyl (C=O) groups is 1. The molecule has 0 unspecified atom stereocenters. The summed E-state index contributed by atoms with van der Waals surface area (Å²) < 4.78 is 23.1. The summed E-state index contributed by atoms with van der Waals surface area (Å²) in [7, 11) is 0. The van der Waals surface area contributed by atoms with Crippen molar-refractivity contribution < 1.29 is 13.9 Å². The lowest BCUT2D eigenvalue weighted by Gasteiger charge is -2.33. The largest absolute Gasteiger partial charge is 0.457 e. The number of nitrogens with two attached hydrogens (primary N) is 1. The first kappa shape index (κ1) is 28.3. The van der Waals surface area contributed by atoms with Crippen molar-refractivity contribution in [3.63, 3.8) is 0 Å². The molecule has 2 aromatic heterocycles. The molecule has 3 N–H and O–H groups in total. The molecule has 0 radical (unpaired) electrons. The Hall–Kier alpha value is -4.82. The monoisotopic (exact) mass is 580 g/mol. The van der Waals surface area contributed by atoms with Crippen molar-refractivity contribution >= 4 is 22.8 Å². The third-order valence-electron chi connectivity index (χ3n) is 7.86. The molecule has 1 saturated carbocycles. The molecular formula is C32H33FN8O2. The Balaban J connectivity index is 1.30. The van der Waals surface area contributed by atoms with Crippen LogP contribution in [0.2, 0.25) is 0 Å². The van der Waals surface area contributed by atoms with Crippen LogP contribution in [0.5, 0.6) is 11.5 Å². The summed E-state index contributed by atoms with van der Waals surface area (Å²) in [5.74, 6) is 0.295. The van der Waals surface area contributed by atoms with Crippen LogP contribution >= 0.6 is 0 Å². The number of ether oxygens (including phenoxy) is 1. The average Bonchev–Trinajstić information content (AvgIpc) is 3.63. The van der Waals surface area contributed by atoms with Crippen LogP contribution in [0.3, 0.4) is 0 Å². The van der Waals surface area contributed by atoms with E-state index in [0.717, 1.165) is 19.3 Å². The highest BCUT2D eigenvalue weighted by Gasteiger charge is 2.42. The second-order valence-corrected chi connectivity index (χ2v) is 11.5. The van der Waals surface area contributed by atoms with Gasteiger partial charge in [0.25, 0.3) is 5.91 Å². The number of hydrogen-bond donors (Lipinski definition) is 2. The number of nitrogens with zero attached hydrogens (tertiary/aromatic N) is 6. The summed E-state index contributed by atoms with van der Waals surface area (Å²) >= 11 is 0. The number of nitrogen functional groups attached to an aromatic ring is 1. The number of hydrogen-bond acceptors (Lipinski definition) is 8. The number of nitrogens with one attached hydrogen (secondary N) is 1. The second-order valence-electron chi connectivity index (χ2n) is 11.5. The van der Waals surface area contributed by atoms with Crippen molar-refractivity contribution in [2.45, 2.75) is 57.2 Å². The van der Waals surface area contributed by atoms with E-state index in [1.54, 1.807) is 39.9 Å². The van der Waals surface area contributed by atoms with E-state index in [1.165, 1.54) is 12.4 Å². The van der Waals surface area contributed by atoms with Gasteiger partial charge in [0.1, 0.15) is 46.8 Å². The number of carbonyl (C=O) groups excluding carboxylic acids is 1. The number of benzene rings is 2. The lowest BCUT2D eigenvalue weighted by atomic mass is 10.0. The highest BCUT2D eigenvalue weighted by Crippen LogP contribution is 2.39. The minimum absolute atomic E-state index is 0.142. The molecule has 2 aliphatic rings. The summed E-state index contributed by atoms with van der Waals surface area (Å²) in [4.78, 5) is 23.8. The molecule has 11 heteroatoms. The van der Waals surface area contributed by atoms with Crippen LogP contribution in [-0.4, -0.2) is 55.2 Å². The molecule has 0 bridgehead atoms. The first-order valence-corrected chi connectivity index (χ1v) is 14.5. The van der Waals surface area contributed by atoms with E-state index in [-0.39, 0.29) is 40.5 Å². The van der Waals surface area contributed by atoms with Gasteiger partial charge in [-0.3, -0.25) is 4.79 Å². The maximum atomic E-state index is 15.6. The number of amides is 1. The minimum atomic E-state index is -0.531. The first-order valence-electron chi connectivity index (χ1n) is 14.5. The quantitative estimate of drug-likeness (QED) is 0.216. The molecule has 6 rings (SSSR count). The number of aromatic nitrogens is 4. The molecule has 43 heavy (non-hydrogen) atoms. The molecule has 1 aliphatic carbocycles. The van der Waals surface area contributed by atoms with Gasteiger partial charge in [-0.1, -0.05) is 32.0 Å². The van der Waals surface area contributed by atoms with Gasteiger partial charge in [0.2, 0.25) is 0 Å². The topological polar surface area (TPSA) is 135 Å². The lowest BCUT2D eigenvalue weighted by Crippen LogP contribution is -2.42. The summed E-state index contributed by atoms with van der Waals surface area (Å²) in [6.07, 6.45) is 6.37. The number of halogens is 1. The van der Waals surface area contributed by atoms with Gasteiger partial charge in [0.05, 0.1) is 11.4 Å². The number of fused-ring (bicyclic) bond motifs is 1. The van der Waals surface area contributed by atoms with Crippen molar-refractivity contribution in [3.8, 4) is 28.8 Å². The third-order valence-corrected chi connectivity index (χ3v) is 7.86. The molecule has 1 aliphatic heterocycles. The van der Waals surface area contributed by atoms with Gasteiger partial charge in [0.15, 0.2) is 5.65 Å². The molecule has 1 amide bonds. The van der Waals surface area contributed by atoms with Gasteiger partial charge in [-0.05, 0) is 56.0 Å². The molecule has 2 aromatic carbocycles. The molecular weight excluding hydrogens is 547 g/mol. The fourth-order valence-electron chi connectivity index (χ4n) is 5.78. The van der Waals surface area contributed by atoms with Crippen molar-refractivity contribution in [3.05, 3.63) is 72.3 Å². The molecule has 4 aromatic rings. The predicted octanol–water partition coefficient (Wildman–Crippen LogP) is 5.15. The zero-order valence-electron chi connectivity index (χ0n) is 24.1. The predicted molar refractivity (Wildman–Crippen MR) is 160 cm³/mol. The van der Waals surface area contributed by atoms with Crippen LogP contribution in [0.4, 0.5) is 10.2 Å². The fourth-order valence-corrected chi connectivity index (χ4v) is 5.78. The zero-order chi connectivity index (χ0) is 30.1. The molecule has 2 fully saturated rings. The fraction of sp³-hybridized carbons (Fsp3) is 0.344. The third kappa shape index (κ3) is 5.79. The van der Waals surface area contributed by atoms with Gasteiger partial charge in [-0.25, -0.2) is 19.0 Å². The Morgan fingerprint density at radius 2 is 2.00 bits per heavy atom. The van der Waals surface area contributed by atoms with E-state index in [2.05, 4.69) is 35.2 Å². The van der Waals surface area contributed by atoms with Crippen molar-refractivity contribution in [1.82, 2.24) is 30.0 Å². The van der Waals surface area contributed by atoms with E-state index in [4.69, 9.17) is 15.6 Å². The van der Waals surface area contributed by atoms with Gasteiger partial charge >= 0.3 is 0 Å². The van der Waals surface area contributed by atoms with Crippen LogP contribution in [0.15, 0.2) is 66.5 Å². The van der Waals surface area contributed by atoms with Crippen molar-refractivity contribution in [2.75, 3.05) is 18.8 Å². The molecule has 10 nitrogen and oxygen atoms in total. The summed E-state index contributed by atoms with van der Waals surface area (Å²) in [6.45, 7) is 4.96. The van der Waals surface area contributed by atoms with Gasteiger partial charge < -0.3 is 20.7 Å². The Labute approximate surface area is 249 Å². The molecule has 1 atom stereocenters. The number of para-hydroxylation sites is 1. The molecule has 3 heterocycles. The van der Waals surface area contributed by atoms with Crippen LogP contribution in [0, 0.1) is 17.1 Å². The number of anilines is 1. The summed E-state index contributed by atoms with van der Waals surface area (Å²) in [6, 6.07) is 15.8. The van der Waals surface area contributed by atoms with Crippen LogP contribution in [0.25, 0.3) is 22.3 Å². The van der Waals surface area contributed by atoms with E-state index >= 15 is 4.39 Å². The Bertz CT molecular complexity index is 1740. The van der Waals surface area contributed by atoms with E-state index < -0.39 is 5.82 Å². The smallest absolute Gasteiger partial charge is 0.264 e. The minimum Gasteiger partial charge on any atom is -0.457 e. The SMILES string of the molecule is CC(C)NC1(C=C(C#N)C(=O)N2CCC[C@H](n3nc(-c4ccc(Oc5ccccc5)cc4F)c4c(N)ncnc43)C2)CC1. The lowest BCUT2D eigenvalue weighted by molar-refractivity contribution is -0.128. The number of rotatable bonds is 8. The molecule has 220 valence electrons. The van der Waals surface area contributed by atoms with E-state index in [0.29, 0.717) is 47.7 Å². The van der Waals surface area contributed by atoms with Crippen LogP contribution < -0.4 is 15.8 Å². The standard InChI is InChI=1S/C32H33FN8O2/c1-20(2)38-32(12-13-32)16-21(17-34)31(42)40-14-6-7-22(18-40)41-30-27(29(35)36-19-37-30)28(39-41)25-11-10-24(15-26(25)33)43-23-8-4-3-5-9-23/h3-5,8-11,15-16,19-20,22,38H,6-7,12-14,18H2,1-2H3,(H2,35,36,37)/t22-/m0/s1. The number of nitriles is 1. The van der Waals surface area contributed by atoms with Crippen LogP contribution in [0.1, 0.15) is 45.6 Å². The average molecular weight is 581 g/mol. The van der Waals surface area contributed by atoms with Gasteiger partial charge in [-0.2, -0.15) is 10.4 Å². The van der Waals surface area contributed by atoms with E-state index in [1.807, 2.05) is 18.2 Å². The summed E-state index contributed by atoms with van der Waals surface area (Å²) in [5, 5.41) is 18.6. The zero-order valence-corrected chi connectivity index (χ0v) is 24.1.